The van der Waals surface area contributed by atoms with Gasteiger partial charge in [0.2, 0.25) is 12.3 Å². The molecule has 1 aromatic rings. The van der Waals surface area contributed by atoms with E-state index in [1.54, 1.807) is 0 Å². The van der Waals surface area contributed by atoms with E-state index < -0.39 is 0 Å². The number of amides is 2. The number of benzene rings is 1. The molecule has 4 rings (SSSR count). The van der Waals surface area contributed by atoms with E-state index in [1.807, 2.05) is 0 Å². The zero-order valence-corrected chi connectivity index (χ0v) is 15.2. The molecule has 1 saturated heterocycles. The van der Waals surface area contributed by atoms with Gasteiger partial charge in [-0.15, -0.1) is 0 Å². The van der Waals surface area contributed by atoms with Crippen molar-refractivity contribution in [1.29, 1.82) is 0 Å². The Hall–Kier alpha value is -1.84. The fraction of sp³-hybridized carbons (Fsp3) is 0.619. The van der Waals surface area contributed by atoms with Gasteiger partial charge in [-0.1, -0.05) is 38.1 Å². The molecule has 134 valence electrons. The number of rotatable bonds is 6. The van der Waals surface area contributed by atoms with Gasteiger partial charge in [-0.25, -0.2) is 0 Å². The van der Waals surface area contributed by atoms with Gasteiger partial charge < -0.3 is 10.2 Å². The quantitative estimate of drug-likeness (QED) is 0.809. The predicted molar refractivity (Wildman–Crippen MR) is 97.0 cm³/mol. The summed E-state index contributed by atoms with van der Waals surface area (Å²) in [6, 6.07) is 9.29. The lowest BCUT2D eigenvalue weighted by molar-refractivity contribution is -0.139. The van der Waals surface area contributed by atoms with Crippen molar-refractivity contribution in [3.8, 4) is 0 Å². The van der Waals surface area contributed by atoms with E-state index in [0.29, 0.717) is 29.6 Å². The zero-order chi connectivity index (χ0) is 17.6. The molecule has 1 N–H and O–H groups in total. The summed E-state index contributed by atoms with van der Waals surface area (Å²) in [5, 5.41) is 2.77. The molecule has 0 radical (unpaired) electrons. The van der Waals surface area contributed by atoms with Crippen molar-refractivity contribution in [3.05, 3.63) is 35.4 Å². The van der Waals surface area contributed by atoms with Gasteiger partial charge in [-0.2, -0.15) is 0 Å². The predicted octanol–water partition coefficient (Wildman–Crippen LogP) is 2.58. The molecule has 1 aromatic carbocycles. The minimum Gasteiger partial charge on any atom is -0.356 e. The summed E-state index contributed by atoms with van der Waals surface area (Å²) in [7, 11) is 0. The van der Waals surface area contributed by atoms with Crippen LogP contribution in [0.3, 0.4) is 0 Å². The maximum Gasteiger partial charge on any atom is 0.225 e. The first-order chi connectivity index (χ1) is 12.1. The van der Waals surface area contributed by atoms with Crippen LogP contribution in [0.4, 0.5) is 0 Å². The van der Waals surface area contributed by atoms with Crippen molar-refractivity contribution in [2.75, 3.05) is 13.1 Å². The van der Waals surface area contributed by atoms with E-state index >= 15 is 0 Å². The zero-order valence-electron chi connectivity index (χ0n) is 15.2. The highest BCUT2D eigenvalue weighted by Gasteiger charge is 2.57. The molecule has 1 heterocycles. The number of carbonyl (C=O) groups excluding carboxylic acids is 2. The second-order valence-electron chi connectivity index (χ2n) is 8.59. The van der Waals surface area contributed by atoms with Crippen LogP contribution in [0.5, 0.6) is 0 Å². The van der Waals surface area contributed by atoms with Gasteiger partial charge in [0.05, 0.1) is 0 Å². The van der Waals surface area contributed by atoms with Crippen molar-refractivity contribution in [1.82, 2.24) is 10.2 Å². The maximum absolute atomic E-state index is 12.6. The Morgan fingerprint density at radius 3 is 2.64 bits per heavy atom. The third-order valence-corrected chi connectivity index (χ3v) is 6.28. The summed E-state index contributed by atoms with van der Waals surface area (Å²) >= 11 is 0. The number of piperidine rings is 1. The Morgan fingerprint density at radius 2 is 2.00 bits per heavy atom. The summed E-state index contributed by atoms with van der Waals surface area (Å²) in [6.45, 7) is 6.37. The summed E-state index contributed by atoms with van der Waals surface area (Å²) in [5.41, 5.74) is 2.91. The lowest BCUT2D eigenvalue weighted by Gasteiger charge is -2.36. The number of nitrogens with one attached hydrogen (secondary N) is 1. The molecule has 4 nitrogen and oxygen atoms in total. The highest BCUT2D eigenvalue weighted by molar-refractivity contribution is 5.80. The Labute approximate surface area is 150 Å². The molecule has 2 amide bonds. The fourth-order valence-electron chi connectivity index (χ4n) is 4.91. The van der Waals surface area contributed by atoms with Crippen LogP contribution >= 0.6 is 0 Å². The molecule has 3 aliphatic rings. The molecule has 2 saturated carbocycles. The molecular formula is C21H28N2O2. The summed E-state index contributed by atoms with van der Waals surface area (Å²) in [6.07, 6.45) is 3.50. The minimum absolute atomic E-state index is 0.128. The van der Waals surface area contributed by atoms with Crippen LogP contribution in [0.1, 0.15) is 43.7 Å². The third-order valence-electron chi connectivity index (χ3n) is 6.28. The maximum atomic E-state index is 12.6. The molecule has 4 heteroatoms. The Morgan fingerprint density at radius 1 is 1.28 bits per heavy atom. The van der Waals surface area contributed by atoms with Crippen molar-refractivity contribution < 1.29 is 9.59 Å². The van der Waals surface area contributed by atoms with Gasteiger partial charge in [-0.3, -0.25) is 9.59 Å². The molecule has 3 fully saturated rings. The van der Waals surface area contributed by atoms with Gasteiger partial charge in [0, 0.05) is 25.0 Å². The van der Waals surface area contributed by atoms with Gasteiger partial charge in [0.25, 0.3) is 0 Å². The number of likely N-dealkylation sites (tertiary alicyclic amines) is 1. The van der Waals surface area contributed by atoms with E-state index in [-0.39, 0.29) is 12.0 Å². The van der Waals surface area contributed by atoms with E-state index in [9.17, 15) is 9.59 Å². The first-order valence-electron chi connectivity index (χ1n) is 9.64. The number of fused-ring (bicyclic) bond motifs is 1. The average molecular weight is 340 g/mol. The number of nitrogens with zero attached hydrogens (tertiary/aromatic N) is 1. The van der Waals surface area contributed by atoms with Gasteiger partial charge in [0.1, 0.15) is 0 Å². The van der Waals surface area contributed by atoms with E-state index in [0.717, 1.165) is 38.8 Å². The summed E-state index contributed by atoms with van der Waals surface area (Å²) in [4.78, 5) is 25.1. The highest BCUT2D eigenvalue weighted by Crippen LogP contribution is 2.58. The van der Waals surface area contributed by atoms with E-state index in [1.165, 1.54) is 11.1 Å². The minimum atomic E-state index is 0.128. The Balaban J connectivity index is 1.31. The normalized spacial score (nSPS) is 32.9. The molecule has 0 aromatic heterocycles. The van der Waals surface area contributed by atoms with Gasteiger partial charge in [0.15, 0.2) is 0 Å². The van der Waals surface area contributed by atoms with Crippen LogP contribution in [0.2, 0.25) is 0 Å². The van der Waals surface area contributed by atoms with Crippen LogP contribution in [0.15, 0.2) is 24.3 Å². The van der Waals surface area contributed by atoms with Crippen molar-refractivity contribution in [2.45, 2.75) is 45.1 Å². The van der Waals surface area contributed by atoms with E-state index in [2.05, 4.69) is 48.3 Å². The second-order valence-corrected chi connectivity index (χ2v) is 8.59. The van der Waals surface area contributed by atoms with Gasteiger partial charge in [-0.05, 0) is 54.1 Å². The number of carbonyl (C=O) groups is 2. The first kappa shape index (κ1) is 16.6. The molecule has 1 aliphatic heterocycles. The third kappa shape index (κ3) is 3.19. The molecule has 0 bridgehead atoms. The molecular weight excluding hydrogens is 312 g/mol. The standard InChI is InChI=1S/C21H28N2O2/c1-13(2)6-14-4-3-5-15(7-14)20-18-10-23(11-19(18)20)21(25)16-8-17(9-16)22-12-24/h3-5,7,12-13,16-20H,6,8-11H2,1-2H3,(H,22,24). The Bertz CT molecular complexity index is 654. The largest absolute Gasteiger partial charge is 0.356 e. The van der Waals surface area contributed by atoms with Crippen molar-refractivity contribution >= 4 is 12.3 Å². The first-order valence-corrected chi connectivity index (χ1v) is 9.64. The van der Waals surface area contributed by atoms with E-state index in [4.69, 9.17) is 0 Å². The molecule has 2 aliphatic carbocycles. The van der Waals surface area contributed by atoms with Crippen LogP contribution in [0.25, 0.3) is 0 Å². The highest BCUT2D eigenvalue weighted by atomic mass is 16.2. The van der Waals surface area contributed by atoms with Crippen LogP contribution in [-0.4, -0.2) is 36.3 Å². The summed E-state index contributed by atoms with van der Waals surface area (Å²) in [5.74, 6) is 3.08. The van der Waals surface area contributed by atoms with Crippen LogP contribution in [-0.2, 0) is 16.0 Å². The van der Waals surface area contributed by atoms with Crippen molar-refractivity contribution in [3.63, 3.8) is 0 Å². The smallest absolute Gasteiger partial charge is 0.225 e. The topological polar surface area (TPSA) is 49.4 Å². The molecule has 25 heavy (non-hydrogen) atoms. The molecule has 2 unspecified atom stereocenters. The molecule has 2 atom stereocenters. The Kier molecular flexibility index (Phi) is 4.30. The average Bonchev–Trinajstić information content (AvgIpc) is 3.03. The lowest BCUT2D eigenvalue weighted by atomic mass is 9.79. The second kappa shape index (κ2) is 6.47. The molecule has 0 spiro atoms. The van der Waals surface area contributed by atoms with Crippen LogP contribution < -0.4 is 5.32 Å². The monoisotopic (exact) mass is 340 g/mol. The number of hydrogen-bond donors (Lipinski definition) is 1. The number of hydrogen-bond acceptors (Lipinski definition) is 2. The van der Waals surface area contributed by atoms with Crippen LogP contribution in [0, 0.1) is 23.7 Å². The fourth-order valence-corrected chi connectivity index (χ4v) is 4.91. The summed E-state index contributed by atoms with van der Waals surface area (Å²) < 4.78 is 0. The van der Waals surface area contributed by atoms with Gasteiger partial charge >= 0.3 is 0 Å². The van der Waals surface area contributed by atoms with Crippen molar-refractivity contribution in [2.24, 2.45) is 23.7 Å². The lowest BCUT2D eigenvalue weighted by Crippen LogP contribution is -2.48. The SMILES string of the molecule is CC(C)Cc1cccc(C2C3CN(C(=O)C4CC(NC=O)C4)CC32)c1.